The van der Waals surface area contributed by atoms with Crippen molar-refractivity contribution in [3.05, 3.63) is 64.1 Å². The highest BCUT2D eigenvalue weighted by molar-refractivity contribution is 9.10. The largest absolute Gasteiger partial charge is 0.488 e. The summed E-state index contributed by atoms with van der Waals surface area (Å²) in [5.41, 5.74) is 2.50. The number of carbonyl (C=O) groups excluding carboxylic acids is 1. The van der Waals surface area contributed by atoms with Gasteiger partial charge >= 0.3 is 5.97 Å². The van der Waals surface area contributed by atoms with Crippen LogP contribution in [-0.2, 0) is 16.0 Å². The van der Waals surface area contributed by atoms with Gasteiger partial charge in [-0.2, -0.15) is 0 Å². The molecule has 1 aliphatic heterocycles. The number of benzene rings is 2. The number of hydrogen-bond acceptors (Lipinski definition) is 4. The molecule has 0 bridgehead atoms. The fraction of sp³-hybridized carbons (Fsp3) is 0.316. The summed E-state index contributed by atoms with van der Waals surface area (Å²) in [6, 6.07) is 16.2. The molecule has 5 heteroatoms. The van der Waals surface area contributed by atoms with Gasteiger partial charge in [-0.3, -0.25) is 4.79 Å². The Balaban J connectivity index is 1.62. The Bertz CT molecular complexity index is 705. The van der Waals surface area contributed by atoms with Gasteiger partial charge in [-0.25, -0.2) is 0 Å². The van der Waals surface area contributed by atoms with Crippen LogP contribution in [0.1, 0.15) is 17.5 Å². The third-order valence-corrected chi connectivity index (χ3v) is 4.74. The predicted molar refractivity (Wildman–Crippen MR) is 96.2 cm³/mol. The first kappa shape index (κ1) is 17.0. The van der Waals surface area contributed by atoms with Crippen LogP contribution in [0.15, 0.2) is 53.0 Å². The maximum atomic E-state index is 11.5. The molecule has 24 heavy (non-hydrogen) atoms. The third kappa shape index (κ3) is 4.16. The number of esters is 1. The Kier molecular flexibility index (Phi) is 5.53. The lowest BCUT2D eigenvalue weighted by molar-refractivity contribution is -0.142. The quantitative estimate of drug-likeness (QED) is 0.796. The Labute approximate surface area is 150 Å². The smallest absolute Gasteiger partial charge is 0.323 e. The van der Waals surface area contributed by atoms with E-state index in [1.807, 2.05) is 24.3 Å². The van der Waals surface area contributed by atoms with Gasteiger partial charge in [0.05, 0.1) is 11.6 Å². The van der Waals surface area contributed by atoms with Crippen LogP contribution in [0.3, 0.4) is 0 Å². The first-order valence-corrected chi connectivity index (χ1v) is 8.75. The van der Waals surface area contributed by atoms with Crippen molar-refractivity contribution in [3.63, 3.8) is 0 Å². The molecule has 2 aromatic carbocycles. The van der Waals surface area contributed by atoms with Crippen LogP contribution >= 0.6 is 15.9 Å². The van der Waals surface area contributed by atoms with Gasteiger partial charge in [0, 0.05) is 13.0 Å². The molecule has 0 aromatic heterocycles. The van der Waals surface area contributed by atoms with E-state index in [1.165, 1.54) is 18.2 Å². The highest BCUT2D eigenvalue weighted by atomic mass is 79.9. The van der Waals surface area contributed by atoms with Crippen molar-refractivity contribution in [2.45, 2.75) is 25.0 Å². The Morgan fingerprint density at radius 1 is 1.21 bits per heavy atom. The van der Waals surface area contributed by atoms with Gasteiger partial charge < -0.3 is 14.8 Å². The summed E-state index contributed by atoms with van der Waals surface area (Å²) in [5.74, 6) is 0.558. The van der Waals surface area contributed by atoms with E-state index >= 15 is 0 Å². The van der Waals surface area contributed by atoms with Crippen LogP contribution in [0.25, 0.3) is 0 Å². The van der Waals surface area contributed by atoms with Crippen LogP contribution in [0.5, 0.6) is 5.75 Å². The summed E-state index contributed by atoms with van der Waals surface area (Å²) < 4.78 is 11.7. The first-order chi connectivity index (χ1) is 11.7. The fourth-order valence-electron chi connectivity index (χ4n) is 2.88. The minimum atomic E-state index is -0.281. The van der Waals surface area contributed by atoms with Gasteiger partial charge in [0.25, 0.3) is 0 Å². The van der Waals surface area contributed by atoms with Crippen molar-refractivity contribution in [2.75, 3.05) is 13.7 Å². The molecular weight excluding hydrogens is 370 g/mol. The molecular formula is C19H20BrNO3. The summed E-state index contributed by atoms with van der Waals surface area (Å²) in [5, 5.41) is 3.13. The molecule has 126 valence electrons. The highest BCUT2D eigenvalue weighted by Crippen LogP contribution is 2.29. The summed E-state index contributed by atoms with van der Waals surface area (Å²) in [4.78, 5) is 11.5. The number of hydrogen-bond donors (Lipinski definition) is 1. The summed E-state index contributed by atoms with van der Waals surface area (Å²) in [6.07, 6.45) is 1.46. The van der Waals surface area contributed by atoms with E-state index in [0.29, 0.717) is 13.0 Å². The molecule has 1 N–H and O–H groups in total. The maximum Gasteiger partial charge on any atom is 0.323 e. The second kappa shape index (κ2) is 7.81. The summed E-state index contributed by atoms with van der Waals surface area (Å²) in [7, 11) is 1.40. The minimum absolute atomic E-state index is 0.0367. The van der Waals surface area contributed by atoms with Gasteiger partial charge in [-0.05, 0) is 45.6 Å². The molecule has 0 spiro atoms. The van der Waals surface area contributed by atoms with Crippen molar-refractivity contribution in [1.82, 2.24) is 5.32 Å². The summed E-state index contributed by atoms with van der Waals surface area (Å²) in [6.45, 7) is 0.637. The van der Waals surface area contributed by atoms with Gasteiger partial charge in [0.1, 0.15) is 17.9 Å². The molecule has 2 aromatic rings. The number of ether oxygens (including phenoxy) is 2. The van der Waals surface area contributed by atoms with E-state index < -0.39 is 0 Å². The number of carbonyl (C=O) groups is 1. The van der Waals surface area contributed by atoms with Crippen molar-refractivity contribution >= 4 is 21.9 Å². The number of rotatable bonds is 5. The normalized spacial score (nSPS) is 19.9. The van der Waals surface area contributed by atoms with E-state index in [2.05, 4.69) is 45.5 Å². The van der Waals surface area contributed by atoms with Gasteiger partial charge in [-0.15, -0.1) is 0 Å². The van der Waals surface area contributed by atoms with E-state index in [-0.39, 0.29) is 18.1 Å². The predicted octanol–water partition coefficient (Wildman–Crippen LogP) is 3.32. The van der Waals surface area contributed by atoms with Crippen LogP contribution < -0.4 is 10.1 Å². The number of nitrogens with one attached hydrogen (secondary N) is 1. The zero-order chi connectivity index (χ0) is 16.9. The lowest BCUT2D eigenvalue weighted by atomic mass is 10.1. The van der Waals surface area contributed by atoms with Crippen molar-refractivity contribution in [1.29, 1.82) is 0 Å². The molecule has 4 nitrogen and oxygen atoms in total. The first-order valence-electron chi connectivity index (χ1n) is 7.96. The number of halogens is 1. The van der Waals surface area contributed by atoms with E-state index in [9.17, 15) is 4.79 Å². The summed E-state index contributed by atoms with van der Waals surface area (Å²) >= 11 is 3.59. The topological polar surface area (TPSA) is 47.6 Å². The molecule has 3 rings (SSSR count). The van der Waals surface area contributed by atoms with Gasteiger partial charge in [0.15, 0.2) is 0 Å². The van der Waals surface area contributed by atoms with Crippen LogP contribution in [0.2, 0.25) is 0 Å². The number of methoxy groups -OCH3 is 1. The molecule has 1 aliphatic rings. The van der Waals surface area contributed by atoms with Gasteiger partial charge in [0.2, 0.25) is 0 Å². The fourth-order valence-corrected chi connectivity index (χ4v) is 3.40. The molecule has 2 unspecified atom stereocenters. The van der Waals surface area contributed by atoms with E-state index in [1.54, 1.807) is 0 Å². The Morgan fingerprint density at radius 2 is 2.00 bits per heavy atom. The molecule has 0 saturated carbocycles. The Hall–Kier alpha value is -1.85. The molecule has 0 aliphatic carbocycles. The molecule has 0 amide bonds. The third-order valence-electron chi connectivity index (χ3n) is 4.12. The van der Waals surface area contributed by atoms with Crippen molar-refractivity contribution < 1.29 is 14.3 Å². The molecule has 0 radical (unpaired) electrons. The lowest BCUT2D eigenvalue weighted by Crippen LogP contribution is -2.31. The zero-order valence-electron chi connectivity index (χ0n) is 13.5. The standard InChI is InChI=1S/C19H20BrNO3/c1-23-19(22)17-11-15(12-21-17)24-18-8-7-14(10-16(18)20)9-13-5-3-2-4-6-13/h2-8,10,15,17,21H,9,11-12H2,1H3. The monoisotopic (exact) mass is 389 g/mol. The van der Waals surface area contributed by atoms with Crippen LogP contribution in [-0.4, -0.2) is 31.8 Å². The zero-order valence-corrected chi connectivity index (χ0v) is 15.1. The van der Waals surface area contributed by atoms with E-state index in [0.717, 1.165) is 16.6 Å². The van der Waals surface area contributed by atoms with Crippen LogP contribution in [0.4, 0.5) is 0 Å². The second-order valence-electron chi connectivity index (χ2n) is 5.89. The maximum absolute atomic E-state index is 11.5. The molecule has 1 heterocycles. The Morgan fingerprint density at radius 3 is 2.71 bits per heavy atom. The lowest BCUT2D eigenvalue weighted by Gasteiger charge is -2.15. The molecule has 2 atom stereocenters. The van der Waals surface area contributed by atoms with Gasteiger partial charge in [-0.1, -0.05) is 36.4 Å². The SMILES string of the molecule is COC(=O)C1CC(Oc2ccc(Cc3ccccc3)cc2Br)CN1. The molecule has 1 fully saturated rings. The van der Waals surface area contributed by atoms with Crippen molar-refractivity contribution in [2.24, 2.45) is 0 Å². The van der Waals surface area contributed by atoms with Crippen molar-refractivity contribution in [3.8, 4) is 5.75 Å². The minimum Gasteiger partial charge on any atom is -0.488 e. The highest BCUT2D eigenvalue weighted by Gasteiger charge is 2.31. The average molecular weight is 390 g/mol. The van der Waals surface area contributed by atoms with E-state index in [4.69, 9.17) is 9.47 Å². The second-order valence-corrected chi connectivity index (χ2v) is 6.74. The molecule has 1 saturated heterocycles. The average Bonchev–Trinajstić information content (AvgIpc) is 3.06. The van der Waals surface area contributed by atoms with Crippen LogP contribution in [0, 0.1) is 0 Å².